The number of rotatable bonds is 6. The summed E-state index contributed by atoms with van der Waals surface area (Å²) in [6, 6.07) is 13.4. The van der Waals surface area contributed by atoms with Crippen LogP contribution in [0.1, 0.15) is 17.5 Å². The van der Waals surface area contributed by atoms with Gasteiger partial charge in [0.1, 0.15) is 4.34 Å². The molecule has 0 aliphatic carbocycles. The summed E-state index contributed by atoms with van der Waals surface area (Å²) in [5.41, 5.74) is 2.96. The number of hydrogen-bond acceptors (Lipinski definition) is 4. The zero-order valence-corrected chi connectivity index (χ0v) is 20.4. The number of nitrogens with zero attached hydrogens (tertiary/aromatic N) is 2. The maximum absolute atomic E-state index is 13.1. The smallest absolute Gasteiger partial charge is 0.259 e. The van der Waals surface area contributed by atoms with E-state index < -0.39 is 11.8 Å². The lowest BCUT2D eigenvalue weighted by molar-refractivity contribution is -0.122. The van der Waals surface area contributed by atoms with Crippen molar-refractivity contribution in [1.82, 2.24) is 14.8 Å². The Hall–Kier alpha value is -2.64. The van der Waals surface area contributed by atoms with E-state index in [0.29, 0.717) is 26.1 Å². The van der Waals surface area contributed by atoms with Crippen LogP contribution in [-0.4, -0.2) is 41.9 Å². The van der Waals surface area contributed by atoms with Crippen LogP contribution in [0.15, 0.2) is 48.7 Å². The minimum atomic E-state index is -0.444. The molecule has 0 unspecified atom stereocenters. The summed E-state index contributed by atoms with van der Waals surface area (Å²) in [6.45, 7) is 1.75. The van der Waals surface area contributed by atoms with Gasteiger partial charge in [-0.1, -0.05) is 41.4 Å². The Labute approximate surface area is 205 Å². The predicted octanol–water partition coefficient (Wildman–Crippen LogP) is 5.68. The van der Waals surface area contributed by atoms with Crippen molar-refractivity contribution in [2.75, 3.05) is 20.6 Å². The van der Waals surface area contributed by atoms with Crippen LogP contribution in [0.3, 0.4) is 0 Å². The lowest BCUT2D eigenvalue weighted by Gasteiger charge is -2.10. The topological polar surface area (TPSA) is 54.3 Å². The molecular weight excluding hydrogens is 477 g/mol. The quantitative estimate of drug-likeness (QED) is 0.348. The van der Waals surface area contributed by atoms with E-state index in [1.54, 1.807) is 12.1 Å². The monoisotopic (exact) mass is 497 g/mol. The van der Waals surface area contributed by atoms with Crippen molar-refractivity contribution in [2.24, 2.45) is 0 Å². The van der Waals surface area contributed by atoms with Gasteiger partial charge in [0.2, 0.25) is 0 Å². The molecule has 0 bridgehead atoms. The second-order valence-corrected chi connectivity index (χ2v) is 10.4. The molecule has 1 aliphatic rings. The summed E-state index contributed by atoms with van der Waals surface area (Å²) in [5.74, 6) is -0.857. The highest BCUT2D eigenvalue weighted by molar-refractivity contribution is 7.23. The van der Waals surface area contributed by atoms with E-state index in [1.165, 1.54) is 11.3 Å². The Kier molecular flexibility index (Phi) is 5.79. The molecule has 8 heteroatoms. The molecule has 168 valence electrons. The minimum Gasteiger partial charge on any atom is -0.347 e. The number of imide groups is 1. The maximum Gasteiger partial charge on any atom is 0.259 e. The predicted molar refractivity (Wildman–Crippen MR) is 137 cm³/mol. The number of nitrogens with one attached hydrogen (secondary N) is 1. The molecule has 0 spiro atoms. The number of hydrogen-bond donors (Lipinski definition) is 1. The molecule has 0 saturated carbocycles. The van der Waals surface area contributed by atoms with Gasteiger partial charge in [-0.05, 0) is 51.3 Å². The molecule has 3 heterocycles. The van der Waals surface area contributed by atoms with Gasteiger partial charge in [0, 0.05) is 49.9 Å². The van der Waals surface area contributed by atoms with E-state index in [4.69, 9.17) is 23.2 Å². The fraction of sp³-hybridized carbons (Fsp3) is 0.200. The number of halogens is 2. The van der Waals surface area contributed by atoms with Gasteiger partial charge >= 0.3 is 0 Å². The van der Waals surface area contributed by atoms with Crippen molar-refractivity contribution in [3.05, 3.63) is 69.1 Å². The van der Waals surface area contributed by atoms with Crippen LogP contribution >= 0.6 is 34.5 Å². The summed E-state index contributed by atoms with van der Waals surface area (Å²) >= 11 is 14.2. The lowest BCUT2D eigenvalue weighted by Crippen LogP contribution is -2.22. The largest absolute Gasteiger partial charge is 0.347 e. The molecule has 0 saturated heterocycles. The van der Waals surface area contributed by atoms with Crippen molar-refractivity contribution in [3.63, 3.8) is 0 Å². The molecule has 2 aromatic heterocycles. The number of amides is 2. The Morgan fingerprint density at radius 3 is 2.55 bits per heavy atom. The molecule has 1 aliphatic heterocycles. The second kappa shape index (κ2) is 8.61. The van der Waals surface area contributed by atoms with Crippen molar-refractivity contribution >= 4 is 78.5 Å². The van der Waals surface area contributed by atoms with E-state index in [1.807, 2.05) is 50.6 Å². The Morgan fingerprint density at radius 1 is 1.00 bits per heavy atom. The van der Waals surface area contributed by atoms with Gasteiger partial charge in [0.25, 0.3) is 11.8 Å². The van der Waals surface area contributed by atoms with Crippen LogP contribution in [0.4, 0.5) is 0 Å². The Bertz CT molecular complexity index is 1470. The van der Waals surface area contributed by atoms with E-state index in [-0.39, 0.29) is 0 Å². The molecule has 0 fully saturated rings. The van der Waals surface area contributed by atoms with Crippen LogP contribution in [-0.2, 0) is 16.1 Å². The van der Waals surface area contributed by atoms with Gasteiger partial charge in [0.15, 0.2) is 0 Å². The third-order valence-electron chi connectivity index (χ3n) is 5.85. The molecule has 1 N–H and O–H groups in total. The molecule has 5 rings (SSSR count). The first-order chi connectivity index (χ1) is 15.8. The minimum absolute atomic E-state index is 0.301. The highest BCUT2D eigenvalue weighted by Gasteiger charge is 2.36. The first-order valence-corrected chi connectivity index (χ1v) is 12.1. The van der Waals surface area contributed by atoms with Gasteiger partial charge in [-0.3, -0.25) is 14.9 Å². The zero-order chi connectivity index (χ0) is 23.3. The molecule has 0 radical (unpaired) electrons. The summed E-state index contributed by atoms with van der Waals surface area (Å²) in [7, 11) is 4.10. The molecule has 33 heavy (non-hydrogen) atoms. The van der Waals surface area contributed by atoms with E-state index in [9.17, 15) is 9.59 Å². The SMILES string of the molecule is CN(C)CCCn1cc(C2=C(c3c(Cl)sc4ccc(Cl)cc34)C(=O)NC2=O)c2ccccc21. The fourth-order valence-corrected chi connectivity index (χ4v) is 5.94. The molecule has 4 aromatic rings. The van der Waals surface area contributed by atoms with Gasteiger partial charge < -0.3 is 9.47 Å². The van der Waals surface area contributed by atoms with Crippen LogP contribution in [0.5, 0.6) is 0 Å². The van der Waals surface area contributed by atoms with Crippen LogP contribution < -0.4 is 5.32 Å². The van der Waals surface area contributed by atoms with Gasteiger partial charge in [-0.25, -0.2) is 0 Å². The number of aromatic nitrogens is 1. The highest BCUT2D eigenvalue weighted by Crippen LogP contribution is 2.45. The van der Waals surface area contributed by atoms with Crippen LogP contribution in [0.2, 0.25) is 9.36 Å². The molecular formula is C25H21Cl2N3O2S. The fourth-order valence-electron chi connectivity index (χ4n) is 4.41. The summed E-state index contributed by atoms with van der Waals surface area (Å²) in [6.07, 6.45) is 2.94. The summed E-state index contributed by atoms with van der Waals surface area (Å²) in [4.78, 5) is 28.3. The third-order valence-corrected chi connectivity index (χ3v) is 7.47. The van der Waals surface area contributed by atoms with Crippen LogP contribution in [0.25, 0.3) is 32.1 Å². The average molecular weight is 498 g/mol. The highest BCUT2D eigenvalue weighted by atomic mass is 35.5. The lowest BCUT2D eigenvalue weighted by atomic mass is 9.95. The number of benzene rings is 2. The van der Waals surface area contributed by atoms with Gasteiger partial charge in [-0.15, -0.1) is 11.3 Å². The average Bonchev–Trinajstić information content (AvgIpc) is 3.38. The van der Waals surface area contributed by atoms with Crippen molar-refractivity contribution in [1.29, 1.82) is 0 Å². The number of thiophene rings is 1. The van der Waals surface area contributed by atoms with E-state index in [0.717, 1.165) is 46.1 Å². The Balaban J connectivity index is 1.74. The third kappa shape index (κ3) is 3.87. The number of para-hydroxylation sites is 1. The first-order valence-electron chi connectivity index (χ1n) is 10.6. The van der Waals surface area contributed by atoms with E-state index in [2.05, 4.69) is 14.8 Å². The zero-order valence-electron chi connectivity index (χ0n) is 18.1. The normalized spacial score (nSPS) is 14.3. The maximum atomic E-state index is 13.1. The number of carbonyl (C=O) groups excluding carboxylic acids is 2. The molecule has 2 aromatic carbocycles. The summed E-state index contributed by atoms with van der Waals surface area (Å²) < 4.78 is 3.52. The first kappa shape index (κ1) is 22.2. The molecule has 0 atom stereocenters. The van der Waals surface area contributed by atoms with Crippen molar-refractivity contribution in [2.45, 2.75) is 13.0 Å². The number of fused-ring (bicyclic) bond motifs is 2. The van der Waals surface area contributed by atoms with Gasteiger partial charge in [-0.2, -0.15) is 0 Å². The molecule has 2 amide bonds. The van der Waals surface area contributed by atoms with Crippen molar-refractivity contribution in [3.8, 4) is 0 Å². The van der Waals surface area contributed by atoms with Crippen molar-refractivity contribution < 1.29 is 9.59 Å². The number of aryl methyl sites for hydroxylation is 1. The standard InChI is InChI=1S/C25H21Cl2N3O2S/c1-29(2)10-5-11-30-13-17(15-6-3-4-7-18(15)30)21-22(25(32)28-24(21)31)20-16-12-14(26)8-9-19(16)33-23(20)27/h3-4,6-9,12-13H,5,10-11H2,1-2H3,(H,28,31,32). The summed E-state index contributed by atoms with van der Waals surface area (Å²) in [5, 5.41) is 4.72. The van der Waals surface area contributed by atoms with E-state index >= 15 is 0 Å². The second-order valence-electron chi connectivity index (χ2n) is 8.33. The number of carbonyl (C=O) groups is 2. The van der Waals surface area contributed by atoms with Gasteiger partial charge in [0.05, 0.1) is 11.1 Å². The van der Waals surface area contributed by atoms with Crippen LogP contribution in [0, 0.1) is 0 Å². The molecule has 5 nitrogen and oxygen atoms in total. The Morgan fingerprint density at radius 2 is 1.76 bits per heavy atom.